The van der Waals surface area contributed by atoms with Crippen molar-refractivity contribution in [2.24, 2.45) is 0 Å². The molecule has 21 heavy (non-hydrogen) atoms. The van der Waals surface area contributed by atoms with Crippen LogP contribution in [0.3, 0.4) is 0 Å². The first-order valence-electron chi connectivity index (χ1n) is 6.85. The third-order valence-corrected chi connectivity index (χ3v) is 2.88. The second-order valence-corrected chi connectivity index (χ2v) is 4.44. The maximum absolute atomic E-state index is 5.74. The third kappa shape index (κ3) is 5.00. The van der Waals surface area contributed by atoms with Gasteiger partial charge in [0.05, 0.1) is 13.7 Å². The Bertz CT molecular complexity index is 519. The van der Waals surface area contributed by atoms with Crippen molar-refractivity contribution in [3.63, 3.8) is 0 Å². The minimum atomic E-state index is 0.645. The predicted octanol–water partition coefficient (Wildman–Crippen LogP) is 3.90. The van der Waals surface area contributed by atoms with Gasteiger partial charge in [-0.1, -0.05) is 0 Å². The number of hydrogen-bond donors (Lipinski definition) is 0. The first kappa shape index (κ1) is 15.2. The first-order chi connectivity index (χ1) is 10.3. The van der Waals surface area contributed by atoms with Gasteiger partial charge in [-0.2, -0.15) is 0 Å². The highest BCUT2D eigenvalue weighted by Crippen LogP contribution is 2.25. The van der Waals surface area contributed by atoms with Crippen molar-refractivity contribution in [1.29, 1.82) is 0 Å². The Morgan fingerprint density at radius 1 is 0.667 bits per heavy atom. The molecule has 0 heterocycles. The normalized spacial score (nSPS) is 10.2. The molecule has 2 aromatic rings. The highest BCUT2D eigenvalue weighted by molar-refractivity contribution is 5.37. The second kappa shape index (κ2) is 8.17. The van der Waals surface area contributed by atoms with E-state index < -0.39 is 0 Å². The minimum absolute atomic E-state index is 0.645. The maximum Gasteiger partial charge on any atom is 0.127 e. The Kier molecular flexibility index (Phi) is 5.91. The quantitative estimate of drug-likeness (QED) is 0.690. The van der Waals surface area contributed by atoms with E-state index in [1.165, 1.54) is 0 Å². The molecule has 0 radical (unpaired) electrons. The average Bonchev–Trinajstić information content (AvgIpc) is 2.54. The summed E-state index contributed by atoms with van der Waals surface area (Å²) >= 11 is 0. The molecule has 0 aliphatic rings. The van der Waals surface area contributed by atoms with Gasteiger partial charge in [0.1, 0.15) is 23.0 Å². The van der Waals surface area contributed by atoms with Gasteiger partial charge in [-0.15, -0.1) is 0 Å². The van der Waals surface area contributed by atoms with Gasteiger partial charge in [0, 0.05) is 20.1 Å². The third-order valence-electron chi connectivity index (χ3n) is 2.88. The molecule has 0 amide bonds. The van der Waals surface area contributed by atoms with Gasteiger partial charge in [0.25, 0.3) is 0 Å². The second-order valence-electron chi connectivity index (χ2n) is 4.44. The Morgan fingerprint density at radius 2 is 1.19 bits per heavy atom. The Balaban J connectivity index is 1.86. The molecule has 4 nitrogen and oxygen atoms in total. The van der Waals surface area contributed by atoms with Crippen LogP contribution in [0.4, 0.5) is 0 Å². The highest BCUT2D eigenvalue weighted by atomic mass is 16.5. The molecule has 2 rings (SSSR count). The first-order valence-corrected chi connectivity index (χ1v) is 6.85. The lowest BCUT2D eigenvalue weighted by Gasteiger charge is -2.09. The molecule has 0 atom stereocenters. The zero-order valence-electron chi connectivity index (χ0n) is 12.4. The molecule has 0 saturated heterocycles. The number of hydrogen-bond acceptors (Lipinski definition) is 4. The molecule has 0 aliphatic heterocycles. The van der Waals surface area contributed by atoms with Crippen LogP contribution in [0, 0.1) is 0 Å². The van der Waals surface area contributed by atoms with E-state index in [9.17, 15) is 0 Å². The van der Waals surface area contributed by atoms with Crippen molar-refractivity contribution in [3.05, 3.63) is 48.5 Å². The average molecular weight is 288 g/mol. The van der Waals surface area contributed by atoms with Gasteiger partial charge in [0.2, 0.25) is 0 Å². The van der Waals surface area contributed by atoms with E-state index in [4.69, 9.17) is 18.9 Å². The minimum Gasteiger partial charge on any atom is -0.497 e. The lowest BCUT2D eigenvalue weighted by atomic mass is 10.3. The zero-order chi connectivity index (χ0) is 14.9. The monoisotopic (exact) mass is 288 g/mol. The van der Waals surface area contributed by atoms with Crippen LogP contribution in [0.15, 0.2) is 48.5 Å². The summed E-state index contributed by atoms with van der Waals surface area (Å²) in [5.74, 6) is 3.17. The van der Waals surface area contributed by atoms with Crippen LogP contribution in [0.2, 0.25) is 0 Å². The lowest BCUT2D eigenvalue weighted by Crippen LogP contribution is -2.01. The lowest BCUT2D eigenvalue weighted by molar-refractivity contribution is 0.172. The summed E-state index contributed by atoms with van der Waals surface area (Å²) in [6.45, 7) is 1.35. The molecular weight excluding hydrogens is 268 g/mol. The standard InChI is InChI=1S/C17H20O4/c1-18-12-3-13-20-15-6-10-17(11-7-15)21-16-8-4-14(19-2)5-9-16/h4-11H,3,12-13H2,1-2H3. The van der Waals surface area contributed by atoms with E-state index in [1.54, 1.807) is 14.2 Å². The molecule has 112 valence electrons. The fourth-order valence-electron chi connectivity index (χ4n) is 1.78. The van der Waals surface area contributed by atoms with E-state index in [2.05, 4.69) is 0 Å². The molecular formula is C17H20O4. The van der Waals surface area contributed by atoms with Gasteiger partial charge in [-0.3, -0.25) is 0 Å². The van der Waals surface area contributed by atoms with Crippen molar-refractivity contribution in [3.8, 4) is 23.0 Å². The fraction of sp³-hybridized carbons (Fsp3) is 0.294. The van der Waals surface area contributed by atoms with E-state index in [-0.39, 0.29) is 0 Å². The summed E-state index contributed by atoms with van der Waals surface area (Å²) in [5, 5.41) is 0. The molecule has 0 unspecified atom stereocenters. The molecule has 0 N–H and O–H groups in total. The summed E-state index contributed by atoms with van der Waals surface area (Å²) in [4.78, 5) is 0. The van der Waals surface area contributed by atoms with Crippen LogP contribution in [0.1, 0.15) is 6.42 Å². The van der Waals surface area contributed by atoms with Crippen molar-refractivity contribution in [2.45, 2.75) is 6.42 Å². The predicted molar refractivity (Wildman–Crippen MR) is 81.5 cm³/mol. The number of rotatable bonds is 8. The van der Waals surface area contributed by atoms with Crippen molar-refractivity contribution < 1.29 is 18.9 Å². The Hall–Kier alpha value is -2.20. The summed E-state index contributed by atoms with van der Waals surface area (Å²) in [7, 11) is 3.33. The van der Waals surface area contributed by atoms with Crippen LogP contribution < -0.4 is 14.2 Å². The molecule has 2 aromatic carbocycles. The Morgan fingerprint density at radius 3 is 1.71 bits per heavy atom. The zero-order valence-corrected chi connectivity index (χ0v) is 12.4. The van der Waals surface area contributed by atoms with E-state index in [1.807, 2.05) is 48.5 Å². The molecule has 4 heteroatoms. The summed E-state index contributed by atoms with van der Waals surface area (Å²) in [6, 6.07) is 15.0. The van der Waals surface area contributed by atoms with E-state index in [0.29, 0.717) is 13.2 Å². The molecule has 0 saturated carbocycles. The van der Waals surface area contributed by atoms with Gasteiger partial charge in [-0.05, 0) is 48.5 Å². The topological polar surface area (TPSA) is 36.9 Å². The van der Waals surface area contributed by atoms with Crippen molar-refractivity contribution >= 4 is 0 Å². The van der Waals surface area contributed by atoms with Gasteiger partial charge >= 0.3 is 0 Å². The number of ether oxygens (including phenoxy) is 4. The summed E-state index contributed by atoms with van der Waals surface area (Å²) in [5.41, 5.74) is 0. The molecule has 0 bridgehead atoms. The van der Waals surface area contributed by atoms with Gasteiger partial charge < -0.3 is 18.9 Å². The van der Waals surface area contributed by atoms with Gasteiger partial charge in [-0.25, -0.2) is 0 Å². The highest BCUT2D eigenvalue weighted by Gasteiger charge is 1.99. The smallest absolute Gasteiger partial charge is 0.127 e. The molecule has 0 aromatic heterocycles. The number of methoxy groups -OCH3 is 2. The summed E-state index contributed by atoms with van der Waals surface area (Å²) in [6.07, 6.45) is 0.876. The van der Waals surface area contributed by atoms with Gasteiger partial charge in [0.15, 0.2) is 0 Å². The largest absolute Gasteiger partial charge is 0.497 e. The molecule has 0 aliphatic carbocycles. The van der Waals surface area contributed by atoms with Crippen LogP contribution in [-0.2, 0) is 4.74 Å². The van der Waals surface area contributed by atoms with E-state index >= 15 is 0 Å². The van der Waals surface area contributed by atoms with Crippen molar-refractivity contribution in [1.82, 2.24) is 0 Å². The van der Waals surface area contributed by atoms with Crippen molar-refractivity contribution in [2.75, 3.05) is 27.4 Å². The summed E-state index contributed by atoms with van der Waals surface area (Å²) < 4.78 is 21.4. The molecule has 0 fully saturated rings. The molecule has 0 spiro atoms. The Labute approximate surface area is 125 Å². The SMILES string of the molecule is COCCCOc1ccc(Oc2ccc(OC)cc2)cc1. The van der Waals surface area contributed by atoms with E-state index in [0.717, 1.165) is 29.4 Å². The maximum atomic E-state index is 5.74. The van der Waals surface area contributed by atoms with Crippen LogP contribution >= 0.6 is 0 Å². The van der Waals surface area contributed by atoms with Crippen LogP contribution in [-0.4, -0.2) is 27.4 Å². The van der Waals surface area contributed by atoms with Crippen LogP contribution in [0.5, 0.6) is 23.0 Å². The fourth-order valence-corrected chi connectivity index (χ4v) is 1.78. The van der Waals surface area contributed by atoms with Crippen LogP contribution in [0.25, 0.3) is 0 Å². The number of benzene rings is 2.